The zero-order valence-corrected chi connectivity index (χ0v) is 20.5. The normalized spacial score (nSPS) is 18.5. The molecule has 2 amide bonds. The van der Waals surface area contributed by atoms with Crippen LogP contribution >= 0.6 is 0 Å². The number of ether oxygens (including phenoxy) is 1. The van der Waals surface area contributed by atoms with E-state index in [1.54, 1.807) is 43.5 Å². The van der Waals surface area contributed by atoms with Crippen LogP contribution < -0.4 is 4.74 Å². The highest BCUT2D eigenvalue weighted by molar-refractivity contribution is 5.98. The topological polar surface area (TPSA) is 95.9 Å². The summed E-state index contributed by atoms with van der Waals surface area (Å²) >= 11 is 0. The standard InChI is InChI=1S/C27H29FN4O4/c1-17-14-32(18(2)16-33)27(35)23-12-21(19-8-10-29-11-9-19)13-30-25(23)36-24(17)15-31(3)26(34)20-4-6-22(28)7-5-20/h4-13,17-18,24,33H,14-16H2,1-3H3/t17-,18-,24-/m0/s1. The van der Waals surface area contributed by atoms with Crippen LogP contribution in [-0.2, 0) is 0 Å². The largest absolute Gasteiger partial charge is 0.472 e. The van der Waals surface area contributed by atoms with Gasteiger partial charge in [0.25, 0.3) is 11.8 Å². The Morgan fingerprint density at radius 3 is 2.58 bits per heavy atom. The van der Waals surface area contributed by atoms with Crippen LogP contribution in [0.15, 0.2) is 61.1 Å². The van der Waals surface area contributed by atoms with Gasteiger partial charge in [-0.3, -0.25) is 14.6 Å². The van der Waals surface area contributed by atoms with Crippen LogP contribution in [0.1, 0.15) is 34.6 Å². The molecule has 0 radical (unpaired) electrons. The average Bonchev–Trinajstić information content (AvgIpc) is 2.90. The fraction of sp³-hybridized carbons (Fsp3) is 0.333. The van der Waals surface area contributed by atoms with Crippen LogP contribution in [0.3, 0.4) is 0 Å². The van der Waals surface area contributed by atoms with Gasteiger partial charge in [0.15, 0.2) is 0 Å². The van der Waals surface area contributed by atoms with Crippen LogP contribution in [-0.4, -0.2) is 75.6 Å². The van der Waals surface area contributed by atoms with Gasteiger partial charge in [0.05, 0.1) is 19.2 Å². The summed E-state index contributed by atoms with van der Waals surface area (Å²) in [6, 6.07) is 10.3. The number of aromatic nitrogens is 2. The number of likely N-dealkylation sites (N-methyl/N-ethyl adjacent to an activating group) is 1. The van der Waals surface area contributed by atoms with Gasteiger partial charge >= 0.3 is 0 Å². The fourth-order valence-electron chi connectivity index (χ4n) is 4.19. The molecular weight excluding hydrogens is 463 g/mol. The highest BCUT2D eigenvalue weighted by Crippen LogP contribution is 2.30. The number of benzene rings is 1. The Hall–Kier alpha value is -3.85. The van der Waals surface area contributed by atoms with Crippen LogP contribution in [0, 0.1) is 11.7 Å². The number of carbonyl (C=O) groups excluding carboxylic acids is 2. The van der Waals surface area contributed by atoms with E-state index in [9.17, 15) is 19.1 Å². The molecule has 36 heavy (non-hydrogen) atoms. The monoisotopic (exact) mass is 492 g/mol. The van der Waals surface area contributed by atoms with E-state index in [2.05, 4.69) is 9.97 Å². The number of nitrogens with zero attached hydrogens (tertiary/aromatic N) is 4. The Labute approximate surface area is 209 Å². The predicted molar refractivity (Wildman–Crippen MR) is 132 cm³/mol. The van der Waals surface area contributed by atoms with Gasteiger partial charge in [-0.25, -0.2) is 9.37 Å². The van der Waals surface area contributed by atoms with E-state index in [1.807, 2.05) is 19.1 Å². The smallest absolute Gasteiger partial charge is 0.259 e. The van der Waals surface area contributed by atoms with Crippen LogP contribution in [0.25, 0.3) is 11.1 Å². The Bertz CT molecular complexity index is 1220. The number of fused-ring (bicyclic) bond motifs is 1. The molecule has 8 nitrogen and oxygen atoms in total. The summed E-state index contributed by atoms with van der Waals surface area (Å²) in [6.45, 7) is 4.07. The zero-order valence-electron chi connectivity index (χ0n) is 20.5. The molecule has 1 N–H and O–H groups in total. The SMILES string of the molecule is C[C@H]1CN([C@@H](C)CO)C(=O)c2cc(-c3ccncc3)cnc2O[C@H]1CN(C)C(=O)c1ccc(F)cc1. The van der Waals surface area contributed by atoms with Crippen molar-refractivity contribution in [3.8, 4) is 17.0 Å². The second kappa shape index (κ2) is 10.8. The maximum atomic E-state index is 13.6. The van der Waals surface area contributed by atoms with Gasteiger partial charge in [0.2, 0.25) is 5.88 Å². The molecule has 3 atom stereocenters. The summed E-state index contributed by atoms with van der Waals surface area (Å²) in [5.41, 5.74) is 2.24. The van der Waals surface area contributed by atoms with Crippen molar-refractivity contribution in [2.45, 2.75) is 26.0 Å². The van der Waals surface area contributed by atoms with Crippen molar-refractivity contribution in [2.24, 2.45) is 5.92 Å². The number of hydrogen-bond donors (Lipinski definition) is 1. The number of halogens is 1. The molecule has 0 fully saturated rings. The average molecular weight is 493 g/mol. The summed E-state index contributed by atoms with van der Waals surface area (Å²) in [4.78, 5) is 38.1. The van der Waals surface area contributed by atoms with Crippen LogP contribution in [0.5, 0.6) is 5.88 Å². The Balaban J connectivity index is 1.66. The van der Waals surface area contributed by atoms with E-state index in [0.29, 0.717) is 12.1 Å². The molecule has 1 aromatic carbocycles. The number of amides is 2. The lowest BCUT2D eigenvalue weighted by Crippen LogP contribution is -2.50. The van der Waals surface area contributed by atoms with Gasteiger partial charge in [0, 0.05) is 49.2 Å². The molecule has 2 aromatic heterocycles. The van der Waals surface area contributed by atoms with Crippen molar-refractivity contribution in [1.29, 1.82) is 0 Å². The van der Waals surface area contributed by atoms with E-state index in [4.69, 9.17) is 4.74 Å². The summed E-state index contributed by atoms with van der Waals surface area (Å²) in [6.07, 6.45) is 4.48. The van der Waals surface area contributed by atoms with E-state index < -0.39 is 18.0 Å². The highest BCUT2D eigenvalue weighted by atomic mass is 19.1. The quantitative estimate of drug-likeness (QED) is 0.568. The molecule has 0 unspecified atom stereocenters. The molecule has 0 aliphatic carbocycles. The zero-order chi connectivity index (χ0) is 25.8. The number of pyridine rings is 2. The highest BCUT2D eigenvalue weighted by Gasteiger charge is 2.35. The molecule has 4 rings (SSSR count). The van der Waals surface area contributed by atoms with Crippen molar-refractivity contribution < 1.29 is 23.8 Å². The summed E-state index contributed by atoms with van der Waals surface area (Å²) in [7, 11) is 1.65. The maximum Gasteiger partial charge on any atom is 0.259 e. The molecule has 0 bridgehead atoms. The first-order chi connectivity index (χ1) is 17.3. The molecule has 1 aliphatic rings. The molecule has 188 valence electrons. The molecule has 3 heterocycles. The summed E-state index contributed by atoms with van der Waals surface area (Å²) < 4.78 is 19.6. The van der Waals surface area contributed by atoms with Crippen LogP contribution in [0.4, 0.5) is 4.39 Å². The van der Waals surface area contributed by atoms with E-state index in [1.165, 1.54) is 29.2 Å². The first kappa shape index (κ1) is 25.2. The van der Waals surface area contributed by atoms with Gasteiger partial charge in [0.1, 0.15) is 17.5 Å². The lowest BCUT2D eigenvalue weighted by Gasteiger charge is -2.37. The molecule has 0 saturated heterocycles. The third-order valence-corrected chi connectivity index (χ3v) is 6.43. The van der Waals surface area contributed by atoms with Gasteiger partial charge in [-0.05, 0) is 55.0 Å². The van der Waals surface area contributed by atoms with Crippen molar-refractivity contribution in [1.82, 2.24) is 19.8 Å². The summed E-state index contributed by atoms with van der Waals surface area (Å²) in [5, 5.41) is 9.84. The van der Waals surface area contributed by atoms with Gasteiger partial charge in [-0.15, -0.1) is 0 Å². The van der Waals surface area contributed by atoms with Crippen molar-refractivity contribution in [3.63, 3.8) is 0 Å². The number of aliphatic hydroxyl groups excluding tert-OH is 1. The number of hydrogen-bond acceptors (Lipinski definition) is 6. The first-order valence-corrected chi connectivity index (χ1v) is 11.8. The first-order valence-electron chi connectivity index (χ1n) is 11.8. The second-order valence-electron chi connectivity index (χ2n) is 9.13. The molecule has 0 saturated carbocycles. The lowest BCUT2D eigenvalue weighted by atomic mass is 9.99. The number of aliphatic hydroxyl groups is 1. The lowest BCUT2D eigenvalue weighted by molar-refractivity contribution is 0.0313. The van der Waals surface area contributed by atoms with Crippen molar-refractivity contribution in [3.05, 3.63) is 78.0 Å². The van der Waals surface area contributed by atoms with E-state index in [0.717, 1.165) is 11.1 Å². The van der Waals surface area contributed by atoms with Gasteiger partial charge in [-0.1, -0.05) is 6.92 Å². The minimum absolute atomic E-state index is 0.173. The Morgan fingerprint density at radius 1 is 1.22 bits per heavy atom. The molecular formula is C27H29FN4O4. The minimum atomic E-state index is -0.487. The number of carbonyl (C=O) groups is 2. The molecule has 9 heteroatoms. The molecule has 0 spiro atoms. The second-order valence-corrected chi connectivity index (χ2v) is 9.13. The fourth-order valence-corrected chi connectivity index (χ4v) is 4.19. The van der Waals surface area contributed by atoms with Crippen molar-refractivity contribution in [2.75, 3.05) is 26.7 Å². The van der Waals surface area contributed by atoms with Gasteiger partial charge < -0.3 is 19.6 Å². The van der Waals surface area contributed by atoms with E-state index in [-0.39, 0.29) is 42.3 Å². The summed E-state index contributed by atoms with van der Waals surface area (Å²) in [5.74, 6) is -0.974. The molecule has 1 aliphatic heterocycles. The minimum Gasteiger partial charge on any atom is -0.472 e. The number of rotatable bonds is 6. The predicted octanol–water partition coefficient (Wildman–Crippen LogP) is 3.28. The van der Waals surface area contributed by atoms with Crippen LogP contribution in [0.2, 0.25) is 0 Å². The maximum absolute atomic E-state index is 13.6. The Morgan fingerprint density at radius 2 is 1.92 bits per heavy atom. The third kappa shape index (κ3) is 5.36. The van der Waals surface area contributed by atoms with Gasteiger partial charge in [-0.2, -0.15) is 0 Å². The van der Waals surface area contributed by atoms with Crippen molar-refractivity contribution >= 4 is 11.8 Å². The molecule has 3 aromatic rings. The Kier molecular flexibility index (Phi) is 7.59. The van der Waals surface area contributed by atoms with E-state index >= 15 is 0 Å². The third-order valence-electron chi connectivity index (χ3n) is 6.43.